The minimum absolute atomic E-state index is 0.0681. The molecule has 0 aromatic carbocycles. The maximum absolute atomic E-state index is 5.77. The van der Waals surface area contributed by atoms with Crippen molar-refractivity contribution in [3.8, 4) is 0 Å². The first-order chi connectivity index (χ1) is 6.99. The van der Waals surface area contributed by atoms with Gasteiger partial charge in [-0.2, -0.15) is 0 Å². The van der Waals surface area contributed by atoms with E-state index < -0.39 is 0 Å². The van der Waals surface area contributed by atoms with Gasteiger partial charge in [0, 0.05) is 18.6 Å². The lowest BCUT2D eigenvalue weighted by Gasteiger charge is -2.41. The summed E-state index contributed by atoms with van der Waals surface area (Å²) >= 11 is 5.12. The van der Waals surface area contributed by atoms with E-state index in [1.165, 1.54) is 0 Å². The molecule has 1 saturated heterocycles. The Morgan fingerprint density at radius 1 is 1.53 bits per heavy atom. The van der Waals surface area contributed by atoms with E-state index >= 15 is 0 Å². The Labute approximate surface area is 98.0 Å². The van der Waals surface area contributed by atoms with Gasteiger partial charge in [0.15, 0.2) is 0 Å². The fraction of sp³-hybridized carbons (Fsp3) is 0.909. The van der Waals surface area contributed by atoms with Crippen LogP contribution >= 0.6 is 12.2 Å². The van der Waals surface area contributed by atoms with Crippen molar-refractivity contribution in [2.45, 2.75) is 32.7 Å². The first kappa shape index (κ1) is 12.9. The maximum atomic E-state index is 5.77. The summed E-state index contributed by atoms with van der Waals surface area (Å²) in [7, 11) is 1.75. The maximum Gasteiger partial charge on any atom is 0.0788 e. The monoisotopic (exact) mass is 230 g/mol. The first-order valence-corrected chi connectivity index (χ1v) is 5.93. The number of thiocarbonyl (C=S) groups is 1. The van der Waals surface area contributed by atoms with E-state index in [1.54, 1.807) is 7.11 Å². The van der Waals surface area contributed by atoms with Crippen LogP contribution < -0.4 is 5.73 Å². The molecule has 1 fully saturated rings. The second-order valence-corrected chi connectivity index (χ2v) is 5.21. The molecule has 0 aromatic heterocycles. The van der Waals surface area contributed by atoms with Gasteiger partial charge in [0.1, 0.15) is 0 Å². The smallest absolute Gasteiger partial charge is 0.0788 e. The minimum Gasteiger partial charge on any atom is -0.393 e. The van der Waals surface area contributed by atoms with Gasteiger partial charge >= 0.3 is 0 Å². The van der Waals surface area contributed by atoms with Gasteiger partial charge in [-0.3, -0.25) is 4.90 Å². The summed E-state index contributed by atoms with van der Waals surface area (Å²) in [5.74, 6) is 0. The highest BCUT2D eigenvalue weighted by atomic mass is 32.1. The lowest BCUT2D eigenvalue weighted by molar-refractivity contribution is 0.0667. The molecule has 1 unspecified atom stereocenters. The largest absolute Gasteiger partial charge is 0.393 e. The van der Waals surface area contributed by atoms with E-state index in [2.05, 4.69) is 18.7 Å². The molecule has 0 bridgehead atoms. The molecule has 1 heterocycles. The van der Waals surface area contributed by atoms with E-state index in [-0.39, 0.29) is 5.41 Å². The van der Waals surface area contributed by atoms with Crippen LogP contribution in [0.3, 0.4) is 0 Å². The summed E-state index contributed by atoms with van der Waals surface area (Å²) in [5.41, 5.74) is 5.84. The van der Waals surface area contributed by atoms with Gasteiger partial charge in [0.25, 0.3) is 0 Å². The molecule has 4 heteroatoms. The number of hydrogen-bond acceptors (Lipinski definition) is 3. The van der Waals surface area contributed by atoms with Crippen LogP contribution in [0.4, 0.5) is 0 Å². The van der Waals surface area contributed by atoms with Crippen molar-refractivity contribution in [1.82, 2.24) is 4.90 Å². The van der Waals surface area contributed by atoms with E-state index in [1.807, 2.05) is 0 Å². The Morgan fingerprint density at radius 2 is 2.07 bits per heavy atom. The van der Waals surface area contributed by atoms with Crippen LogP contribution in [-0.4, -0.2) is 42.7 Å². The molecule has 0 spiro atoms. The molecule has 0 saturated carbocycles. The van der Waals surface area contributed by atoms with Gasteiger partial charge in [-0.15, -0.1) is 0 Å². The van der Waals surface area contributed by atoms with Crippen LogP contribution in [0.5, 0.6) is 0 Å². The number of methoxy groups -OCH3 is 1. The zero-order valence-corrected chi connectivity index (χ0v) is 10.8. The van der Waals surface area contributed by atoms with E-state index in [4.69, 9.17) is 22.7 Å². The molecule has 88 valence electrons. The van der Waals surface area contributed by atoms with Crippen LogP contribution in [0.2, 0.25) is 0 Å². The number of hydrogen-bond donors (Lipinski definition) is 1. The van der Waals surface area contributed by atoms with Crippen molar-refractivity contribution in [1.29, 1.82) is 0 Å². The summed E-state index contributed by atoms with van der Waals surface area (Å²) in [6.45, 7) is 7.31. The van der Waals surface area contributed by atoms with Gasteiger partial charge in [0.2, 0.25) is 0 Å². The lowest BCUT2D eigenvalue weighted by atomic mass is 9.80. The zero-order chi connectivity index (χ0) is 11.5. The Balaban J connectivity index is 2.45. The van der Waals surface area contributed by atoms with E-state index in [0.29, 0.717) is 11.0 Å². The summed E-state index contributed by atoms with van der Waals surface area (Å²) in [4.78, 5) is 3.12. The molecule has 0 radical (unpaired) electrons. The quantitative estimate of drug-likeness (QED) is 0.741. The van der Waals surface area contributed by atoms with Gasteiger partial charge in [-0.25, -0.2) is 0 Å². The summed E-state index contributed by atoms with van der Waals surface area (Å²) < 4.78 is 5.16. The van der Waals surface area contributed by atoms with Crippen LogP contribution in [0.1, 0.15) is 26.7 Å². The molecule has 15 heavy (non-hydrogen) atoms. The number of rotatable bonds is 4. The summed E-state index contributed by atoms with van der Waals surface area (Å²) in [5, 5.41) is 0. The van der Waals surface area contributed by atoms with Crippen LogP contribution in [0, 0.1) is 5.41 Å². The van der Waals surface area contributed by atoms with Crippen molar-refractivity contribution in [3.05, 3.63) is 0 Å². The second kappa shape index (κ2) is 5.23. The zero-order valence-electron chi connectivity index (χ0n) is 9.95. The van der Waals surface area contributed by atoms with Crippen molar-refractivity contribution in [2.75, 3.05) is 26.8 Å². The molecule has 0 aliphatic carbocycles. The van der Waals surface area contributed by atoms with E-state index in [0.717, 1.165) is 32.5 Å². The molecule has 1 atom stereocenters. The highest BCUT2D eigenvalue weighted by Gasteiger charge is 2.33. The van der Waals surface area contributed by atoms with Crippen molar-refractivity contribution >= 4 is 17.2 Å². The molecule has 0 aromatic rings. The Hall–Kier alpha value is -0.190. The molecule has 3 nitrogen and oxygen atoms in total. The third-order valence-electron chi connectivity index (χ3n) is 3.53. The predicted octanol–water partition coefficient (Wildman–Crippen LogP) is 1.41. The van der Waals surface area contributed by atoms with Crippen LogP contribution in [-0.2, 0) is 4.74 Å². The average molecular weight is 230 g/mol. The molecule has 1 aliphatic rings. The molecular weight excluding hydrogens is 208 g/mol. The highest BCUT2D eigenvalue weighted by molar-refractivity contribution is 7.80. The van der Waals surface area contributed by atoms with Crippen LogP contribution in [0.15, 0.2) is 0 Å². The van der Waals surface area contributed by atoms with Crippen LogP contribution in [0.25, 0.3) is 0 Å². The Bertz CT molecular complexity index is 225. The van der Waals surface area contributed by atoms with Gasteiger partial charge in [-0.05, 0) is 32.9 Å². The summed E-state index contributed by atoms with van der Waals surface area (Å²) in [6, 6.07) is 0.492. The topological polar surface area (TPSA) is 38.5 Å². The standard InChI is InChI=1S/C11H22N2OS/c1-9(8-14-3)13-6-4-11(2,5-7-13)10(12)15/h9H,4-8H2,1-3H3,(H2,12,15). The number of piperidine rings is 1. The second-order valence-electron chi connectivity index (χ2n) is 4.77. The van der Waals surface area contributed by atoms with Crippen molar-refractivity contribution in [3.63, 3.8) is 0 Å². The van der Waals surface area contributed by atoms with E-state index in [9.17, 15) is 0 Å². The SMILES string of the molecule is COCC(C)N1CCC(C)(C(N)=S)CC1. The van der Waals surface area contributed by atoms with Crippen molar-refractivity contribution < 1.29 is 4.74 Å². The Kier molecular flexibility index (Phi) is 4.49. The predicted molar refractivity (Wildman–Crippen MR) is 67.0 cm³/mol. The third kappa shape index (κ3) is 3.13. The molecule has 0 amide bonds. The number of likely N-dealkylation sites (tertiary alicyclic amines) is 1. The van der Waals surface area contributed by atoms with Gasteiger partial charge in [-0.1, -0.05) is 19.1 Å². The molecular formula is C11H22N2OS. The summed E-state index contributed by atoms with van der Waals surface area (Å²) in [6.07, 6.45) is 2.13. The lowest BCUT2D eigenvalue weighted by Crippen LogP contribution is -2.48. The fourth-order valence-electron chi connectivity index (χ4n) is 2.05. The minimum atomic E-state index is 0.0681. The Morgan fingerprint density at radius 3 is 2.47 bits per heavy atom. The van der Waals surface area contributed by atoms with Gasteiger partial charge < -0.3 is 10.5 Å². The van der Waals surface area contributed by atoms with Gasteiger partial charge in [0.05, 0.1) is 11.6 Å². The third-order valence-corrected chi connectivity index (χ3v) is 4.02. The first-order valence-electron chi connectivity index (χ1n) is 5.52. The number of ether oxygens (including phenoxy) is 1. The molecule has 1 rings (SSSR count). The highest BCUT2D eigenvalue weighted by Crippen LogP contribution is 2.31. The molecule has 1 aliphatic heterocycles. The fourth-order valence-corrected chi connectivity index (χ4v) is 2.26. The average Bonchev–Trinajstić information content (AvgIpc) is 2.19. The number of nitrogens with two attached hydrogens (primary N) is 1. The van der Waals surface area contributed by atoms with Crippen molar-refractivity contribution in [2.24, 2.45) is 11.1 Å². The normalized spacial score (nSPS) is 23.7. The number of nitrogens with zero attached hydrogens (tertiary/aromatic N) is 1. The molecule has 2 N–H and O–H groups in total.